The summed E-state index contributed by atoms with van der Waals surface area (Å²) in [4.78, 5) is 16.7. The van der Waals surface area contributed by atoms with Gasteiger partial charge in [0.15, 0.2) is 10.2 Å². The molecule has 0 saturated heterocycles. The van der Waals surface area contributed by atoms with Gasteiger partial charge in [-0.1, -0.05) is 29.3 Å². The molecule has 0 aliphatic carbocycles. The average molecular weight is 464 g/mol. The Balaban J connectivity index is 1.78. The van der Waals surface area contributed by atoms with Crippen molar-refractivity contribution in [2.24, 2.45) is 10.1 Å². The van der Waals surface area contributed by atoms with Crippen LogP contribution in [0.3, 0.4) is 0 Å². The molecule has 148 valence electrons. The molecular formula is C19H15Cl2N5OS2. The maximum Gasteiger partial charge on any atom is 0.283 e. The molecule has 1 aromatic carbocycles. The van der Waals surface area contributed by atoms with E-state index in [0.29, 0.717) is 15.2 Å². The summed E-state index contributed by atoms with van der Waals surface area (Å²) in [6, 6.07) is 7.40. The van der Waals surface area contributed by atoms with Crippen LogP contribution in [0.4, 0.5) is 0 Å². The molecule has 2 aliphatic rings. The summed E-state index contributed by atoms with van der Waals surface area (Å²) >= 11 is 15.3. The molecule has 0 fully saturated rings. The number of aromatic nitrogens is 1. The van der Waals surface area contributed by atoms with E-state index in [4.69, 9.17) is 28.6 Å². The molecule has 1 amide bonds. The van der Waals surface area contributed by atoms with Gasteiger partial charge in [-0.2, -0.15) is 10.0 Å². The van der Waals surface area contributed by atoms with Crippen LogP contribution in [-0.2, 0) is 4.79 Å². The van der Waals surface area contributed by atoms with Crippen molar-refractivity contribution in [2.75, 3.05) is 6.26 Å². The summed E-state index contributed by atoms with van der Waals surface area (Å²) in [5.74, 6) is -0.431. The molecular weight excluding hydrogens is 449 g/mol. The third-order valence-corrected chi connectivity index (χ3v) is 7.25. The number of fused-ring (bicyclic) bond motifs is 1. The van der Waals surface area contributed by atoms with Gasteiger partial charge in [-0.25, -0.2) is 0 Å². The zero-order valence-electron chi connectivity index (χ0n) is 15.7. The zero-order valence-corrected chi connectivity index (χ0v) is 18.8. The van der Waals surface area contributed by atoms with Crippen molar-refractivity contribution < 1.29 is 4.79 Å². The molecule has 0 radical (unpaired) electrons. The van der Waals surface area contributed by atoms with Gasteiger partial charge >= 0.3 is 0 Å². The summed E-state index contributed by atoms with van der Waals surface area (Å²) in [5.41, 5.74) is 3.55. The summed E-state index contributed by atoms with van der Waals surface area (Å²) in [5, 5.41) is 15.5. The van der Waals surface area contributed by atoms with Crippen molar-refractivity contribution in [3.8, 4) is 5.69 Å². The van der Waals surface area contributed by atoms with Gasteiger partial charge in [0, 0.05) is 11.4 Å². The monoisotopic (exact) mass is 463 g/mol. The highest BCUT2D eigenvalue weighted by Crippen LogP contribution is 2.34. The Morgan fingerprint density at radius 3 is 2.76 bits per heavy atom. The van der Waals surface area contributed by atoms with E-state index < -0.39 is 5.91 Å². The molecule has 4 rings (SSSR count). The van der Waals surface area contributed by atoms with Crippen LogP contribution in [0.5, 0.6) is 0 Å². The largest absolute Gasteiger partial charge is 0.316 e. The number of thioether (sulfide) groups is 2. The predicted octanol–water partition coefficient (Wildman–Crippen LogP) is 5.34. The van der Waals surface area contributed by atoms with Crippen molar-refractivity contribution in [3.05, 3.63) is 56.8 Å². The molecule has 6 nitrogen and oxygen atoms in total. The predicted molar refractivity (Wildman–Crippen MR) is 124 cm³/mol. The van der Waals surface area contributed by atoms with Crippen LogP contribution in [0.1, 0.15) is 17.0 Å². The van der Waals surface area contributed by atoms with Crippen LogP contribution < -0.4 is 0 Å². The number of amides is 1. The SMILES string of the molecule is CSC1=NN2C(=N)/C(=C\c3cc(C)n(-c4cccc(Cl)c4Cl)c3C)C(=O)N=C2S1. The Labute approximate surface area is 186 Å². The smallest absolute Gasteiger partial charge is 0.283 e. The molecule has 0 bridgehead atoms. The number of nitrogens with one attached hydrogen (secondary N) is 1. The molecule has 0 unspecified atom stereocenters. The van der Waals surface area contributed by atoms with Crippen LogP contribution in [0.25, 0.3) is 11.8 Å². The van der Waals surface area contributed by atoms with E-state index >= 15 is 0 Å². The third-order valence-electron chi connectivity index (χ3n) is 4.55. The quantitative estimate of drug-likeness (QED) is 0.609. The number of hydrazone groups is 1. The molecule has 2 aromatic rings. The second-order valence-corrected chi connectivity index (χ2v) is 9.12. The van der Waals surface area contributed by atoms with Crippen molar-refractivity contribution in [3.63, 3.8) is 0 Å². The van der Waals surface area contributed by atoms with Crippen LogP contribution in [-0.4, -0.2) is 37.1 Å². The van der Waals surface area contributed by atoms with E-state index in [2.05, 4.69) is 10.1 Å². The van der Waals surface area contributed by atoms with Crippen molar-refractivity contribution >= 4 is 74.1 Å². The fourth-order valence-electron chi connectivity index (χ4n) is 3.18. The topological polar surface area (TPSA) is 73.8 Å². The van der Waals surface area contributed by atoms with Gasteiger partial charge in [-0.05, 0) is 61.7 Å². The number of carbonyl (C=O) groups excluding carboxylic acids is 1. The average Bonchev–Trinajstić information content (AvgIpc) is 3.22. The van der Waals surface area contributed by atoms with Gasteiger partial charge in [0.05, 0.1) is 21.3 Å². The van der Waals surface area contributed by atoms with Gasteiger partial charge in [-0.3, -0.25) is 10.2 Å². The molecule has 0 atom stereocenters. The van der Waals surface area contributed by atoms with Crippen LogP contribution in [0.2, 0.25) is 10.0 Å². The molecule has 29 heavy (non-hydrogen) atoms. The molecule has 0 saturated carbocycles. The number of amidine groups is 2. The van der Waals surface area contributed by atoms with E-state index in [1.54, 1.807) is 12.1 Å². The molecule has 3 heterocycles. The Morgan fingerprint density at radius 1 is 1.28 bits per heavy atom. The number of benzene rings is 1. The number of rotatable bonds is 2. The van der Waals surface area contributed by atoms with Gasteiger partial charge in [0.2, 0.25) is 5.17 Å². The van der Waals surface area contributed by atoms with E-state index in [1.807, 2.05) is 42.9 Å². The zero-order chi connectivity index (χ0) is 20.9. The lowest BCUT2D eigenvalue weighted by Gasteiger charge is -2.20. The maximum atomic E-state index is 12.6. The minimum absolute atomic E-state index is 0.0159. The van der Waals surface area contributed by atoms with Crippen LogP contribution in [0, 0.1) is 19.3 Å². The van der Waals surface area contributed by atoms with E-state index in [9.17, 15) is 4.79 Å². The van der Waals surface area contributed by atoms with E-state index in [1.165, 1.54) is 28.5 Å². The van der Waals surface area contributed by atoms with Gasteiger partial charge < -0.3 is 4.57 Å². The number of carbonyl (C=O) groups is 1. The lowest BCUT2D eigenvalue weighted by atomic mass is 10.1. The van der Waals surface area contributed by atoms with Crippen LogP contribution in [0.15, 0.2) is 39.9 Å². The number of hydrogen-bond donors (Lipinski definition) is 1. The summed E-state index contributed by atoms with van der Waals surface area (Å²) in [6.07, 6.45) is 3.57. The van der Waals surface area contributed by atoms with Crippen molar-refractivity contribution in [2.45, 2.75) is 13.8 Å². The van der Waals surface area contributed by atoms with Gasteiger partial charge in [0.1, 0.15) is 0 Å². The Hall–Kier alpha value is -2.00. The number of hydrogen-bond acceptors (Lipinski definition) is 5. The second kappa shape index (κ2) is 7.68. The van der Waals surface area contributed by atoms with Crippen molar-refractivity contribution in [1.29, 1.82) is 5.41 Å². The minimum Gasteiger partial charge on any atom is -0.316 e. The summed E-state index contributed by atoms with van der Waals surface area (Å²) in [6.45, 7) is 3.88. The molecule has 2 aliphatic heterocycles. The lowest BCUT2D eigenvalue weighted by Crippen LogP contribution is -2.35. The van der Waals surface area contributed by atoms with Gasteiger partial charge in [0.25, 0.3) is 5.91 Å². The Kier molecular flexibility index (Phi) is 5.37. The van der Waals surface area contributed by atoms with Gasteiger partial charge in [-0.15, -0.1) is 16.9 Å². The maximum absolute atomic E-state index is 12.6. The highest BCUT2D eigenvalue weighted by Gasteiger charge is 2.35. The first-order valence-electron chi connectivity index (χ1n) is 8.49. The Bertz CT molecular complexity index is 1170. The highest BCUT2D eigenvalue weighted by molar-refractivity contribution is 8.45. The third kappa shape index (κ3) is 3.44. The molecule has 10 heteroatoms. The fraction of sp³-hybridized carbons (Fsp3) is 0.158. The normalized spacial score (nSPS) is 17.7. The van der Waals surface area contributed by atoms with Crippen LogP contribution >= 0.6 is 46.7 Å². The second-order valence-electron chi connectivity index (χ2n) is 6.32. The van der Waals surface area contributed by atoms with E-state index in [0.717, 1.165) is 27.0 Å². The highest BCUT2D eigenvalue weighted by atomic mass is 35.5. The standard InChI is InChI=1S/C19H15Cl2N5OS2/c1-9-7-11(10(2)25(9)14-6-4-5-13(20)15(14)21)8-12-16(22)26-18(23-17(12)27)29-19(24-26)28-3/h4-8,22H,1-3H3/b12-8+,22-16?. The first-order valence-corrected chi connectivity index (χ1v) is 11.3. The first kappa shape index (κ1) is 20.3. The number of aliphatic imine (C=N–C) groups is 1. The number of nitrogens with zero attached hydrogens (tertiary/aromatic N) is 4. The Morgan fingerprint density at radius 2 is 2.03 bits per heavy atom. The molecule has 1 aromatic heterocycles. The van der Waals surface area contributed by atoms with E-state index in [-0.39, 0.29) is 11.4 Å². The number of halogens is 2. The van der Waals surface area contributed by atoms with Crippen molar-refractivity contribution in [1.82, 2.24) is 9.58 Å². The molecule has 0 spiro atoms. The summed E-state index contributed by atoms with van der Waals surface area (Å²) < 4.78 is 2.72. The first-order chi connectivity index (χ1) is 13.8. The lowest BCUT2D eigenvalue weighted by molar-refractivity contribution is -0.114. The number of aryl methyl sites for hydroxylation is 1. The fourth-order valence-corrected chi connectivity index (χ4v) is 4.91. The molecule has 1 N–H and O–H groups in total. The summed E-state index contributed by atoms with van der Waals surface area (Å²) in [7, 11) is 0. The minimum atomic E-state index is -0.447.